The molecule has 0 radical (unpaired) electrons. The SMILES string of the molecule is COCCCn1c(SCC(=O)N(CC#N)c2ccccc2)nnc1-c1ccc(Cl)cc1. The number of ether oxygens (including phenoxy) is 1. The Morgan fingerprint density at radius 1 is 1.19 bits per heavy atom. The number of carbonyl (C=O) groups is 1. The number of halogens is 1. The van der Waals surface area contributed by atoms with Gasteiger partial charge in [-0.3, -0.25) is 9.69 Å². The van der Waals surface area contributed by atoms with Gasteiger partial charge in [-0.25, -0.2) is 0 Å². The number of aromatic nitrogens is 3. The molecule has 1 aromatic heterocycles. The molecule has 0 bridgehead atoms. The van der Waals surface area contributed by atoms with Crippen LogP contribution in [-0.4, -0.2) is 46.7 Å². The second-order valence-electron chi connectivity index (χ2n) is 6.57. The Balaban J connectivity index is 1.79. The van der Waals surface area contributed by atoms with E-state index in [1.54, 1.807) is 19.2 Å². The largest absolute Gasteiger partial charge is 0.385 e. The number of nitrogens with zero attached hydrogens (tertiary/aromatic N) is 5. The van der Waals surface area contributed by atoms with Crippen molar-refractivity contribution in [3.05, 3.63) is 59.6 Å². The van der Waals surface area contributed by atoms with Crippen LogP contribution in [0.15, 0.2) is 59.8 Å². The van der Waals surface area contributed by atoms with E-state index in [4.69, 9.17) is 21.6 Å². The fourth-order valence-electron chi connectivity index (χ4n) is 2.98. The third-order valence-corrected chi connectivity index (χ3v) is 5.68. The Hall–Kier alpha value is -2.86. The summed E-state index contributed by atoms with van der Waals surface area (Å²) < 4.78 is 7.16. The summed E-state index contributed by atoms with van der Waals surface area (Å²) in [5.74, 6) is 0.677. The zero-order valence-electron chi connectivity index (χ0n) is 17.1. The fraction of sp³-hybridized carbons (Fsp3) is 0.273. The second-order valence-corrected chi connectivity index (χ2v) is 7.95. The maximum Gasteiger partial charge on any atom is 0.238 e. The van der Waals surface area contributed by atoms with Crippen LogP contribution in [0.2, 0.25) is 5.02 Å². The molecule has 0 unspecified atom stereocenters. The number of thioether (sulfide) groups is 1. The first kappa shape index (κ1) is 22.8. The smallest absolute Gasteiger partial charge is 0.238 e. The van der Waals surface area contributed by atoms with E-state index in [2.05, 4.69) is 16.3 Å². The van der Waals surface area contributed by atoms with Gasteiger partial charge in [0.1, 0.15) is 6.54 Å². The predicted octanol–water partition coefficient (Wildman–Crippen LogP) is 4.28. The summed E-state index contributed by atoms with van der Waals surface area (Å²) in [6, 6.07) is 18.6. The van der Waals surface area contributed by atoms with Crippen molar-refractivity contribution < 1.29 is 9.53 Å². The van der Waals surface area contributed by atoms with Crippen LogP contribution in [-0.2, 0) is 16.1 Å². The van der Waals surface area contributed by atoms with Crippen LogP contribution in [0.5, 0.6) is 0 Å². The molecule has 0 saturated heterocycles. The van der Waals surface area contributed by atoms with Crippen molar-refractivity contribution in [2.45, 2.75) is 18.1 Å². The lowest BCUT2D eigenvalue weighted by Gasteiger charge is -2.19. The van der Waals surface area contributed by atoms with E-state index in [9.17, 15) is 4.79 Å². The van der Waals surface area contributed by atoms with Crippen molar-refractivity contribution in [1.82, 2.24) is 14.8 Å². The number of amides is 1. The molecule has 160 valence electrons. The maximum absolute atomic E-state index is 12.9. The van der Waals surface area contributed by atoms with Gasteiger partial charge in [0, 0.05) is 36.5 Å². The first-order valence-electron chi connectivity index (χ1n) is 9.67. The highest BCUT2D eigenvalue weighted by Gasteiger charge is 2.19. The first-order chi connectivity index (χ1) is 15.1. The molecule has 0 aliphatic rings. The molecule has 0 aliphatic heterocycles. The molecule has 0 aliphatic carbocycles. The van der Waals surface area contributed by atoms with Crippen molar-refractivity contribution >= 4 is 35.0 Å². The van der Waals surface area contributed by atoms with Crippen LogP contribution in [0, 0.1) is 11.3 Å². The number of anilines is 1. The lowest BCUT2D eigenvalue weighted by molar-refractivity contribution is -0.116. The Labute approximate surface area is 190 Å². The summed E-state index contributed by atoms with van der Waals surface area (Å²) in [5.41, 5.74) is 1.58. The van der Waals surface area contributed by atoms with Gasteiger partial charge in [-0.05, 0) is 42.8 Å². The monoisotopic (exact) mass is 455 g/mol. The maximum atomic E-state index is 12.9. The van der Waals surface area contributed by atoms with Crippen molar-refractivity contribution in [2.24, 2.45) is 0 Å². The Bertz CT molecular complexity index is 1030. The minimum atomic E-state index is -0.169. The standard InChI is InChI=1S/C22H22ClN5O2S/c1-30-15-5-13-28-21(17-8-10-18(23)11-9-17)25-26-22(28)31-16-20(29)27(14-12-24)19-6-3-2-4-7-19/h2-4,6-11H,5,13-16H2,1H3. The second kappa shape index (κ2) is 11.5. The van der Waals surface area contributed by atoms with Crippen LogP contribution in [0.4, 0.5) is 5.69 Å². The summed E-state index contributed by atoms with van der Waals surface area (Å²) in [6.07, 6.45) is 0.779. The van der Waals surface area contributed by atoms with Gasteiger partial charge in [-0.15, -0.1) is 10.2 Å². The summed E-state index contributed by atoms with van der Waals surface area (Å²) in [6.45, 7) is 1.24. The van der Waals surface area contributed by atoms with Crippen LogP contribution in [0.1, 0.15) is 6.42 Å². The zero-order chi connectivity index (χ0) is 22.1. The molecule has 0 atom stereocenters. The molecule has 0 saturated carbocycles. The van der Waals surface area contributed by atoms with E-state index in [1.165, 1.54) is 16.7 Å². The van der Waals surface area contributed by atoms with Gasteiger partial charge in [-0.2, -0.15) is 5.26 Å². The number of para-hydroxylation sites is 1. The first-order valence-corrected chi connectivity index (χ1v) is 11.0. The number of nitriles is 1. The minimum absolute atomic E-state index is 0.0139. The summed E-state index contributed by atoms with van der Waals surface area (Å²) in [4.78, 5) is 14.3. The lowest BCUT2D eigenvalue weighted by atomic mass is 10.2. The number of rotatable bonds is 10. The van der Waals surface area contributed by atoms with E-state index in [-0.39, 0.29) is 18.2 Å². The molecule has 7 nitrogen and oxygen atoms in total. The van der Waals surface area contributed by atoms with Gasteiger partial charge >= 0.3 is 0 Å². The third kappa shape index (κ3) is 6.07. The topological polar surface area (TPSA) is 84.0 Å². The molecule has 0 N–H and O–H groups in total. The lowest BCUT2D eigenvalue weighted by Crippen LogP contribution is -2.32. The van der Waals surface area contributed by atoms with Crippen LogP contribution in [0.25, 0.3) is 11.4 Å². The molecule has 9 heteroatoms. The number of methoxy groups -OCH3 is 1. The van der Waals surface area contributed by atoms with Gasteiger partial charge in [0.25, 0.3) is 0 Å². The van der Waals surface area contributed by atoms with Crippen LogP contribution >= 0.6 is 23.4 Å². The highest BCUT2D eigenvalue weighted by molar-refractivity contribution is 7.99. The highest BCUT2D eigenvalue weighted by atomic mass is 35.5. The average molecular weight is 456 g/mol. The Kier molecular flexibility index (Phi) is 8.47. The number of hydrogen-bond acceptors (Lipinski definition) is 6. The summed E-state index contributed by atoms with van der Waals surface area (Å²) in [5, 5.41) is 19.1. The Morgan fingerprint density at radius 2 is 1.94 bits per heavy atom. The molecule has 0 spiro atoms. The molecule has 3 aromatic rings. The molecular formula is C22H22ClN5O2S. The quantitative estimate of drug-likeness (QED) is 0.257. The number of carbonyl (C=O) groups excluding carboxylic acids is 1. The number of benzene rings is 2. The van der Waals surface area contributed by atoms with Crippen LogP contribution in [0.3, 0.4) is 0 Å². The van der Waals surface area contributed by atoms with E-state index in [0.29, 0.717) is 34.8 Å². The van der Waals surface area contributed by atoms with E-state index >= 15 is 0 Å². The molecule has 3 rings (SSSR count). The van der Waals surface area contributed by atoms with Crippen molar-refractivity contribution in [3.8, 4) is 17.5 Å². The molecule has 1 heterocycles. The van der Waals surface area contributed by atoms with Gasteiger partial charge in [0.15, 0.2) is 11.0 Å². The predicted molar refractivity (Wildman–Crippen MR) is 122 cm³/mol. The summed E-state index contributed by atoms with van der Waals surface area (Å²) >= 11 is 7.31. The summed E-state index contributed by atoms with van der Waals surface area (Å²) in [7, 11) is 1.66. The van der Waals surface area contributed by atoms with Gasteiger partial charge in [0.05, 0.1) is 11.8 Å². The van der Waals surface area contributed by atoms with Crippen molar-refractivity contribution in [1.29, 1.82) is 5.26 Å². The zero-order valence-corrected chi connectivity index (χ0v) is 18.6. The average Bonchev–Trinajstić information content (AvgIpc) is 3.20. The Morgan fingerprint density at radius 3 is 2.61 bits per heavy atom. The van der Waals surface area contributed by atoms with E-state index < -0.39 is 0 Å². The van der Waals surface area contributed by atoms with Crippen molar-refractivity contribution in [2.75, 3.05) is 30.9 Å². The molecular weight excluding hydrogens is 434 g/mol. The minimum Gasteiger partial charge on any atom is -0.385 e. The molecule has 2 aromatic carbocycles. The normalized spacial score (nSPS) is 10.6. The van der Waals surface area contributed by atoms with E-state index in [0.717, 1.165) is 12.0 Å². The fourth-order valence-corrected chi connectivity index (χ4v) is 3.95. The van der Waals surface area contributed by atoms with Crippen LogP contribution < -0.4 is 4.90 Å². The molecule has 1 amide bonds. The number of hydrogen-bond donors (Lipinski definition) is 0. The van der Waals surface area contributed by atoms with Gasteiger partial charge in [0.2, 0.25) is 5.91 Å². The van der Waals surface area contributed by atoms with E-state index in [1.807, 2.05) is 47.0 Å². The van der Waals surface area contributed by atoms with Gasteiger partial charge in [-0.1, -0.05) is 41.6 Å². The van der Waals surface area contributed by atoms with Crippen molar-refractivity contribution in [3.63, 3.8) is 0 Å². The van der Waals surface area contributed by atoms with Gasteiger partial charge < -0.3 is 9.30 Å². The third-order valence-electron chi connectivity index (χ3n) is 4.47. The highest BCUT2D eigenvalue weighted by Crippen LogP contribution is 2.26. The molecule has 0 fully saturated rings. The molecule has 31 heavy (non-hydrogen) atoms.